The van der Waals surface area contributed by atoms with Crippen LogP contribution in [0.25, 0.3) is 0 Å². The second-order valence-corrected chi connectivity index (χ2v) is 4.82. The van der Waals surface area contributed by atoms with E-state index in [4.69, 9.17) is 14.2 Å². The molecule has 0 heterocycles. The van der Waals surface area contributed by atoms with Crippen molar-refractivity contribution in [2.75, 3.05) is 13.2 Å². The summed E-state index contributed by atoms with van der Waals surface area (Å²) in [5.41, 5.74) is 1.65. The second-order valence-electron chi connectivity index (χ2n) is 4.82. The molecule has 0 amide bonds. The number of hydrogen-bond donors (Lipinski definition) is 0. The van der Waals surface area contributed by atoms with E-state index in [9.17, 15) is 4.79 Å². The van der Waals surface area contributed by atoms with Crippen molar-refractivity contribution in [2.24, 2.45) is 0 Å². The van der Waals surface area contributed by atoms with Crippen molar-refractivity contribution in [1.82, 2.24) is 0 Å². The van der Waals surface area contributed by atoms with Crippen LogP contribution in [-0.2, 0) is 14.2 Å². The summed E-state index contributed by atoms with van der Waals surface area (Å²) in [5, 5.41) is 0. The Labute approximate surface area is 126 Å². The summed E-state index contributed by atoms with van der Waals surface area (Å²) in [5.74, 6) is -0.336. The third-order valence-corrected chi connectivity index (χ3v) is 2.98. The van der Waals surface area contributed by atoms with E-state index in [1.54, 1.807) is 18.2 Å². The summed E-state index contributed by atoms with van der Waals surface area (Å²) in [4.78, 5) is 11.9. The van der Waals surface area contributed by atoms with Gasteiger partial charge in [0.25, 0.3) is 0 Å². The zero-order valence-electron chi connectivity index (χ0n) is 13.0. The topological polar surface area (TPSA) is 44.8 Å². The third-order valence-electron chi connectivity index (χ3n) is 2.98. The van der Waals surface area contributed by atoms with Crippen LogP contribution < -0.4 is 0 Å². The number of hydrogen-bond acceptors (Lipinski definition) is 4. The van der Waals surface area contributed by atoms with Gasteiger partial charge in [-0.2, -0.15) is 0 Å². The normalized spacial score (nSPS) is 13.5. The van der Waals surface area contributed by atoms with Crippen LogP contribution in [0.1, 0.15) is 36.2 Å². The van der Waals surface area contributed by atoms with E-state index in [0.717, 1.165) is 12.0 Å². The van der Waals surface area contributed by atoms with Crippen LogP contribution in [0, 0.1) is 6.92 Å². The van der Waals surface area contributed by atoms with Crippen LogP contribution in [0.4, 0.5) is 0 Å². The Morgan fingerprint density at radius 3 is 2.57 bits per heavy atom. The Hall–Kier alpha value is -1.65. The average Bonchev–Trinajstić information content (AvgIpc) is 2.49. The van der Waals surface area contributed by atoms with E-state index in [1.807, 2.05) is 32.9 Å². The van der Waals surface area contributed by atoms with E-state index in [1.165, 1.54) is 0 Å². The molecule has 116 valence electrons. The largest absolute Gasteiger partial charge is 0.459 e. The summed E-state index contributed by atoms with van der Waals surface area (Å²) in [6.45, 7) is 9.99. The van der Waals surface area contributed by atoms with Crippen LogP contribution in [0.2, 0.25) is 0 Å². The zero-order chi connectivity index (χ0) is 15.7. The van der Waals surface area contributed by atoms with Gasteiger partial charge in [-0.05, 0) is 32.4 Å². The lowest BCUT2D eigenvalue weighted by molar-refractivity contribution is -0.163. The fraction of sp³-hybridized carbons (Fsp3) is 0.471. The van der Waals surface area contributed by atoms with Gasteiger partial charge in [0.2, 0.25) is 0 Å². The van der Waals surface area contributed by atoms with E-state index in [2.05, 4.69) is 6.58 Å². The molecule has 0 spiro atoms. The molecule has 0 aliphatic rings. The van der Waals surface area contributed by atoms with Gasteiger partial charge in [-0.15, -0.1) is 6.58 Å². The minimum absolute atomic E-state index is 0.181. The smallest absolute Gasteiger partial charge is 0.338 e. The Balaban J connectivity index is 2.41. The van der Waals surface area contributed by atoms with Crippen molar-refractivity contribution in [1.29, 1.82) is 0 Å². The molecule has 1 unspecified atom stereocenters. The van der Waals surface area contributed by atoms with E-state index in [-0.39, 0.29) is 25.0 Å². The number of ether oxygens (including phenoxy) is 3. The SMILES string of the molecule is C=CCOC(C)O[C@@H](CC)COC(=O)c1ccc(C)cc1. The van der Waals surface area contributed by atoms with Crippen LogP contribution in [0.15, 0.2) is 36.9 Å². The molecule has 0 fully saturated rings. The molecule has 0 aromatic heterocycles. The lowest BCUT2D eigenvalue weighted by atomic mass is 10.1. The second kappa shape index (κ2) is 9.32. The fourth-order valence-corrected chi connectivity index (χ4v) is 1.71. The van der Waals surface area contributed by atoms with Crippen molar-refractivity contribution < 1.29 is 19.0 Å². The molecule has 4 nitrogen and oxygen atoms in total. The van der Waals surface area contributed by atoms with Crippen LogP contribution in [-0.4, -0.2) is 31.6 Å². The molecular weight excluding hydrogens is 268 g/mol. The standard InChI is InChI=1S/C17H24O4/c1-5-11-19-14(4)21-16(6-2)12-20-17(18)15-9-7-13(3)8-10-15/h5,7-10,14,16H,1,6,11-12H2,2-4H3/t14?,16-/m0/s1. The first-order chi connectivity index (χ1) is 10.1. The predicted octanol–water partition coefficient (Wildman–Crippen LogP) is 3.50. The zero-order valence-corrected chi connectivity index (χ0v) is 13.0. The average molecular weight is 292 g/mol. The molecule has 21 heavy (non-hydrogen) atoms. The molecule has 0 saturated heterocycles. The highest BCUT2D eigenvalue weighted by molar-refractivity contribution is 5.89. The lowest BCUT2D eigenvalue weighted by Crippen LogP contribution is -2.27. The molecule has 1 aromatic rings. The van der Waals surface area contributed by atoms with Gasteiger partial charge in [0, 0.05) is 0 Å². The number of esters is 1. The number of benzene rings is 1. The molecule has 0 aliphatic heterocycles. The first-order valence-corrected chi connectivity index (χ1v) is 7.18. The molecule has 0 N–H and O–H groups in total. The summed E-state index contributed by atoms with van der Waals surface area (Å²) in [7, 11) is 0. The molecule has 0 aliphatic carbocycles. The number of rotatable bonds is 9. The van der Waals surface area contributed by atoms with Crippen molar-refractivity contribution >= 4 is 5.97 Å². The monoisotopic (exact) mass is 292 g/mol. The molecule has 2 atom stereocenters. The van der Waals surface area contributed by atoms with Crippen molar-refractivity contribution in [2.45, 2.75) is 39.6 Å². The third kappa shape index (κ3) is 6.56. The summed E-state index contributed by atoms with van der Waals surface area (Å²) in [6, 6.07) is 7.29. The van der Waals surface area contributed by atoms with E-state index in [0.29, 0.717) is 12.2 Å². The molecular formula is C17H24O4. The highest BCUT2D eigenvalue weighted by Crippen LogP contribution is 2.08. The van der Waals surface area contributed by atoms with Gasteiger partial charge < -0.3 is 14.2 Å². The molecule has 1 aromatic carbocycles. The maximum absolute atomic E-state index is 11.9. The minimum atomic E-state index is -0.356. The Bertz CT molecular complexity index is 439. The summed E-state index contributed by atoms with van der Waals surface area (Å²) >= 11 is 0. The molecule has 1 rings (SSSR count). The van der Waals surface area contributed by atoms with E-state index < -0.39 is 0 Å². The molecule has 0 bridgehead atoms. The van der Waals surface area contributed by atoms with Crippen molar-refractivity contribution in [3.05, 3.63) is 48.0 Å². The molecule has 4 heteroatoms. The first-order valence-electron chi connectivity index (χ1n) is 7.18. The Morgan fingerprint density at radius 2 is 2.00 bits per heavy atom. The quantitative estimate of drug-likeness (QED) is 0.397. The highest BCUT2D eigenvalue weighted by atomic mass is 16.7. The number of carbonyl (C=O) groups excluding carboxylic acids is 1. The highest BCUT2D eigenvalue weighted by Gasteiger charge is 2.15. The first kappa shape index (κ1) is 17.4. The lowest BCUT2D eigenvalue weighted by Gasteiger charge is -2.21. The van der Waals surface area contributed by atoms with Gasteiger partial charge in [-0.3, -0.25) is 0 Å². The number of carbonyl (C=O) groups is 1. The van der Waals surface area contributed by atoms with Crippen molar-refractivity contribution in [3.63, 3.8) is 0 Å². The molecule has 0 radical (unpaired) electrons. The maximum atomic E-state index is 11.9. The fourth-order valence-electron chi connectivity index (χ4n) is 1.71. The number of aryl methyl sites for hydroxylation is 1. The predicted molar refractivity (Wildman–Crippen MR) is 82.2 cm³/mol. The van der Waals surface area contributed by atoms with Gasteiger partial charge in [-0.25, -0.2) is 4.79 Å². The van der Waals surface area contributed by atoms with Gasteiger partial charge in [0.1, 0.15) is 6.61 Å². The molecule has 0 saturated carbocycles. The van der Waals surface area contributed by atoms with Gasteiger partial charge >= 0.3 is 5.97 Å². The minimum Gasteiger partial charge on any atom is -0.459 e. The van der Waals surface area contributed by atoms with Crippen molar-refractivity contribution in [3.8, 4) is 0 Å². The maximum Gasteiger partial charge on any atom is 0.338 e. The Morgan fingerprint density at radius 1 is 1.33 bits per heavy atom. The van der Waals surface area contributed by atoms with Crippen LogP contribution in [0.3, 0.4) is 0 Å². The van der Waals surface area contributed by atoms with Crippen LogP contribution in [0.5, 0.6) is 0 Å². The summed E-state index contributed by atoms with van der Waals surface area (Å²) < 4.78 is 16.3. The Kier molecular flexibility index (Phi) is 7.72. The van der Waals surface area contributed by atoms with Gasteiger partial charge in [0.15, 0.2) is 6.29 Å². The van der Waals surface area contributed by atoms with Gasteiger partial charge in [0.05, 0.1) is 18.3 Å². The van der Waals surface area contributed by atoms with E-state index >= 15 is 0 Å². The van der Waals surface area contributed by atoms with Gasteiger partial charge in [-0.1, -0.05) is 30.7 Å². The summed E-state index contributed by atoms with van der Waals surface area (Å²) in [6.07, 6.45) is 1.87. The van der Waals surface area contributed by atoms with Crippen LogP contribution >= 0.6 is 0 Å².